The van der Waals surface area contributed by atoms with Crippen molar-refractivity contribution in [3.63, 3.8) is 0 Å². The molecule has 0 fully saturated rings. The molecular formula is C20H20N2O2S. The molecule has 0 atom stereocenters. The average molecular weight is 352 g/mol. The highest BCUT2D eigenvalue weighted by atomic mass is 32.1. The molecule has 1 aromatic heterocycles. The second kappa shape index (κ2) is 7.94. The highest BCUT2D eigenvalue weighted by molar-refractivity contribution is 7.10. The van der Waals surface area contributed by atoms with E-state index in [9.17, 15) is 4.79 Å². The van der Waals surface area contributed by atoms with Crippen LogP contribution in [0.2, 0.25) is 0 Å². The largest absolute Gasteiger partial charge is 0.494 e. The Morgan fingerprint density at radius 1 is 1.16 bits per heavy atom. The Bertz CT molecular complexity index is 856. The number of amides is 1. The van der Waals surface area contributed by atoms with E-state index < -0.39 is 0 Å². The Morgan fingerprint density at radius 2 is 1.92 bits per heavy atom. The van der Waals surface area contributed by atoms with Crippen molar-refractivity contribution >= 4 is 22.9 Å². The number of hydrogen-bond acceptors (Lipinski definition) is 4. The monoisotopic (exact) mass is 352 g/mol. The molecule has 3 rings (SSSR count). The molecule has 0 bridgehead atoms. The van der Waals surface area contributed by atoms with Gasteiger partial charge in [-0.25, -0.2) is 4.98 Å². The van der Waals surface area contributed by atoms with Gasteiger partial charge in [-0.3, -0.25) is 4.79 Å². The van der Waals surface area contributed by atoms with Crippen molar-refractivity contribution in [2.75, 3.05) is 11.9 Å². The van der Waals surface area contributed by atoms with Crippen LogP contribution in [0.4, 0.5) is 5.69 Å². The van der Waals surface area contributed by atoms with E-state index in [1.807, 2.05) is 67.8 Å². The molecule has 1 N–H and O–H groups in total. The zero-order valence-corrected chi connectivity index (χ0v) is 15.1. The van der Waals surface area contributed by atoms with Crippen molar-refractivity contribution in [1.29, 1.82) is 0 Å². The third-order valence-electron chi connectivity index (χ3n) is 3.74. The molecule has 0 aliphatic heterocycles. The van der Waals surface area contributed by atoms with Gasteiger partial charge in [-0.2, -0.15) is 0 Å². The number of aryl methyl sites for hydroxylation is 1. The molecule has 4 nitrogen and oxygen atoms in total. The van der Waals surface area contributed by atoms with Crippen LogP contribution in [0.15, 0.2) is 53.9 Å². The van der Waals surface area contributed by atoms with E-state index >= 15 is 0 Å². The molecule has 128 valence electrons. The summed E-state index contributed by atoms with van der Waals surface area (Å²) in [6, 6.07) is 15.6. The van der Waals surface area contributed by atoms with Crippen LogP contribution in [0.1, 0.15) is 17.5 Å². The molecule has 0 radical (unpaired) electrons. The first-order valence-electron chi connectivity index (χ1n) is 8.19. The van der Waals surface area contributed by atoms with Gasteiger partial charge in [-0.15, -0.1) is 11.3 Å². The van der Waals surface area contributed by atoms with Gasteiger partial charge >= 0.3 is 0 Å². The van der Waals surface area contributed by atoms with Gasteiger partial charge in [0.15, 0.2) is 0 Å². The van der Waals surface area contributed by atoms with Gasteiger partial charge in [0.25, 0.3) is 0 Å². The first-order chi connectivity index (χ1) is 12.2. The highest BCUT2D eigenvalue weighted by Crippen LogP contribution is 2.24. The third-order valence-corrected chi connectivity index (χ3v) is 4.59. The number of rotatable bonds is 6. The fraction of sp³-hybridized carbons (Fsp3) is 0.200. The van der Waals surface area contributed by atoms with Crippen molar-refractivity contribution in [1.82, 2.24) is 4.98 Å². The van der Waals surface area contributed by atoms with Crippen molar-refractivity contribution in [3.05, 3.63) is 64.5 Å². The van der Waals surface area contributed by atoms with Crippen molar-refractivity contribution in [2.24, 2.45) is 0 Å². The van der Waals surface area contributed by atoms with E-state index in [-0.39, 0.29) is 12.3 Å². The Morgan fingerprint density at radius 3 is 2.64 bits per heavy atom. The van der Waals surface area contributed by atoms with Crippen LogP contribution >= 0.6 is 11.3 Å². The summed E-state index contributed by atoms with van der Waals surface area (Å²) in [6.45, 7) is 4.59. The summed E-state index contributed by atoms with van der Waals surface area (Å²) in [4.78, 5) is 16.8. The van der Waals surface area contributed by atoms with Crippen LogP contribution in [0, 0.1) is 6.92 Å². The average Bonchev–Trinajstić information content (AvgIpc) is 3.06. The molecule has 0 aliphatic rings. The predicted molar refractivity (Wildman–Crippen MR) is 102 cm³/mol. The fourth-order valence-electron chi connectivity index (χ4n) is 2.46. The lowest BCUT2D eigenvalue weighted by molar-refractivity contribution is -0.115. The number of thiazole rings is 1. The normalized spacial score (nSPS) is 10.5. The number of carbonyl (C=O) groups is 1. The van der Waals surface area contributed by atoms with Gasteiger partial charge in [0.1, 0.15) is 10.8 Å². The Kier molecular flexibility index (Phi) is 5.46. The van der Waals surface area contributed by atoms with E-state index in [0.717, 1.165) is 33.3 Å². The lowest BCUT2D eigenvalue weighted by Crippen LogP contribution is -2.14. The number of hydrogen-bond donors (Lipinski definition) is 1. The van der Waals surface area contributed by atoms with E-state index in [1.165, 1.54) is 11.3 Å². The number of nitrogens with zero attached hydrogens (tertiary/aromatic N) is 1. The lowest BCUT2D eigenvalue weighted by Gasteiger charge is -2.06. The van der Waals surface area contributed by atoms with Crippen LogP contribution in [-0.2, 0) is 11.2 Å². The maximum absolute atomic E-state index is 12.2. The molecule has 1 amide bonds. The second-order valence-corrected chi connectivity index (χ2v) is 6.57. The van der Waals surface area contributed by atoms with Gasteiger partial charge in [0, 0.05) is 16.6 Å². The molecule has 0 saturated heterocycles. The highest BCUT2D eigenvalue weighted by Gasteiger charge is 2.10. The molecule has 5 heteroatoms. The van der Waals surface area contributed by atoms with Crippen molar-refractivity contribution in [3.8, 4) is 17.0 Å². The summed E-state index contributed by atoms with van der Waals surface area (Å²) in [5.41, 5.74) is 3.79. The predicted octanol–water partition coefficient (Wildman–Crippen LogP) is 4.70. The zero-order chi connectivity index (χ0) is 17.6. The van der Waals surface area contributed by atoms with Crippen molar-refractivity contribution in [2.45, 2.75) is 20.3 Å². The minimum Gasteiger partial charge on any atom is -0.494 e. The minimum atomic E-state index is -0.0538. The van der Waals surface area contributed by atoms with Crippen LogP contribution in [0.3, 0.4) is 0 Å². The molecule has 25 heavy (non-hydrogen) atoms. The lowest BCUT2D eigenvalue weighted by atomic mass is 10.2. The summed E-state index contributed by atoms with van der Waals surface area (Å²) in [5.74, 6) is 0.793. The molecule has 1 heterocycles. The number of anilines is 1. The van der Waals surface area contributed by atoms with E-state index in [1.54, 1.807) is 0 Å². The Hall–Kier alpha value is -2.66. The van der Waals surface area contributed by atoms with Crippen molar-refractivity contribution < 1.29 is 9.53 Å². The fourth-order valence-corrected chi connectivity index (χ4v) is 3.26. The van der Waals surface area contributed by atoms with Gasteiger partial charge in [-0.1, -0.05) is 18.2 Å². The summed E-state index contributed by atoms with van der Waals surface area (Å²) in [7, 11) is 0. The Labute approximate surface area is 151 Å². The van der Waals surface area contributed by atoms with E-state index in [4.69, 9.17) is 4.74 Å². The van der Waals surface area contributed by atoms with Crippen LogP contribution in [0.25, 0.3) is 11.3 Å². The van der Waals surface area contributed by atoms with Gasteiger partial charge in [-0.05, 0) is 49.7 Å². The summed E-state index contributed by atoms with van der Waals surface area (Å²) in [6.07, 6.45) is 0.274. The summed E-state index contributed by atoms with van der Waals surface area (Å²) in [5, 5.41) is 5.72. The van der Waals surface area contributed by atoms with Gasteiger partial charge in [0.05, 0.1) is 18.7 Å². The van der Waals surface area contributed by atoms with E-state index in [2.05, 4.69) is 10.3 Å². The number of carbonyl (C=O) groups excluding carboxylic acids is 1. The van der Waals surface area contributed by atoms with E-state index in [0.29, 0.717) is 6.61 Å². The SMILES string of the molecule is CCOc1ccc(-c2csc(CC(=O)Nc3ccccc3C)n2)cc1. The maximum Gasteiger partial charge on any atom is 0.231 e. The van der Waals surface area contributed by atoms with Gasteiger partial charge < -0.3 is 10.1 Å². The molecule has 0 saturated carbocycles. The summed E-state index contributed by atoms with van der Waals surface area (Å²) >= 11 is 1.50. The molecule has 3 aromatic rings. The Balaban J connectivity index is 1.65. The maximum atomic E-state index is 12.2. The second-order valence-electron chi connectivity index (χ2n) is 5.62. The molecule has 0 spiro atoms. The number of ether oxygens (including phenoxy) is 1. The van der Waals surface area contributed by atoms with Crippen LogP contribution < -0.4 is 10.1 Å². The minimum absolute atomic E-state index is 0.0538. The quantitative estimate of drug-likeness (QED) is 0.700. The standard InChI is InChI=1S/C20H20N2O2S/c1-3-24-16-10-8-15(9-11-16)18-13-25-20(22-18)12-19(23)21-17-7-5-4-6-14(17)2/h4-11,13H,3,12H2,1-2H3,(H,21,23). The molecule has 0 unspecified atom stereocenters. The first-order valence-corrected chi connectivity index (χ1v) is 9.07. The number of benzene rings is 2. The molecule has 2 aromatic carbocycles. The molecule has 0 aliphatic carbocycles. The third kappa shape index (κ3) is 4.45. The van der Waals surface area contributed by atoms with Crippen LogP contribution in [-0.4, -0.2) is 17.5 Å². The molecular weight excluding hydrogens is 332 g/mol. The van der Waals surface area contributed by atoms with Crippen LogP contribution in [0.5, 0.6) is 5.75 Å². The van der Waals surface area contributed by atoms with Gasteiger partial charge in [0.2, 0.25) is 5.91 Å². The number of aromatic nitrogens is 1. The zero-order valence-electron chi connectivity index (χ0n) is 14.3. The topological polar surface area (TPSA) is 51.2 Å². The summed E-state index contributed by atoms with van der Waals surface area (Å²) < 4.78 is 5.45. The number of nitrogens with one attached hydrogen (secondary N) is 1. The number of para-hydroxylation sites is 1. The first kappa shape index (κ1) is 17.2. The smallest absolute Gasteiger partial charge is 0.231 e.